The van der Waals surface area contributed by atoms with Crippen LogP contribution >= 0.6 is 11.3 Å². The molecule has 1 atom stereocenters. The van der Waals surface area contributed by atoms with Gasteiger partial charge in [0.2, 0.25) is 0 Å². The number of fused-ring (bicyclic) bond motifs is 1. The van der Waals surface area contributed by atoms with Crippen molar-refractivity contribution >= 4 is 33.3 Å². The lowest BCUT2D eigenvalue weighted by molar-refractivity contribution is 0.0531. The van der Waals surface area contributed by atoms with Gasteiger partial charge in [-0.25, -0.2) is 14.8 Å². The van der Waals surface area contributed by atoms with Crippen LogP contribution in [0.1, 0.15) is 34.1 Å². The molecule has 3 aromatic rings. The van der Waals surface area contributed by atoms with Crippen molar-refractivity contribution in [1.29, 1.82) is 0 Å². The Morgan fingerprint density at radius 2 is 2.14 bits per heavy atom. The summed E-state index contributed by atoms with van der Waals surface area (Å²) in [4.78, 5) is 28.8. The van der Waals surface area contributed by atoms with Gasteiger partial charge in [0.1, 0.15) is 21.9 Å². The van der Waals surface area contributed by atoms with Crippen LogP contribution in [0.3, 0.4) is 0 Å². The number of hydrogen-bond donors (Lipinski definition) is 0. The molecule has 1 saturated heterocycles. The molecule has 0 aliphatic carbocycles. The topological polar surface area (TPSA) is 77.4 Å². The van der Waals surface area contributed by atoms with Gasteiger partial charge in [-0.3, -0.25) is 4.98 Å². The Labute approximate surface area is 167 Å². The lowest BCUT2D eigenvalue weighted by Gasteiger charge is -2.18. The van der Waals surface area contributed by atoms with Crippen molar-refractivity contribution in [2.45, 2.75) is 33.0 Å². The molecule has 0 amide bonds. The Morgan fingerprint density at radius 1 is 1.32 bits per heavy atom. The molecule has 1 aliphatic rings. The van der Waals surface area contributed by atoms with Crippen LogP contribution in [0.15, 0.2) is 30.9 Å². The molecular weight excluding hydrogens is 376 g/mol. The van der Waals surface area contributed by atoms with Crippen molar-refractivity contribution in [2.75, 3.05) is 24.6 Å². The van der Waals surface area contributed by atoms with Crippen molar-refractivity contribution in [3.63, 3.8) is 0 Å². The fraction of sp³-hybridized carbons (Fsp3) is 0.400. The Hall–Kier alpha value is -2.58. The molecule has 0 saturated carbocycles. The lowest BCUT2D eigenvalue weighted by atomic mass is 10.2. The van der Waals surface area contributed by atoms with Gasteiger partial charge in [0.05, 0.1) is 24.7 Å². The van der Waals surface area contributed by atoms with Crippen molar-refractivity contribution in [3.8, 4) is 0 Å². The number of anilines is 1. The molecule has 0 aromatic carbocycles. The molecule has 1 unspecified atom stereocenters. The highest BCUT2D eigenvalue weighted by atomic mass is 32.1. The van der Waals surface area contributed by atoms with E-state index in [4.69, 9.17) is 9.47 Å². The average molecular weight is 398 g/mol. The number of hydrogen-bond acceptors (Lipinski definition) is 8. The summed E-state index contributed by atoms with van der Waals surface area (Å²) >= 11 is 1.36. The van der Waals surface area contributed by atoms with Crippen LogP contribution in [0, 0.1) is 6.92 Å². The highest BCUT2D eigenvalue weighted by Crippen LogP contribution is 2.36. The first kappa shape index (κ1) is 18.8. The minimum atomic E-state index is -0.297. The number of pyridine rings is 1. The second-order valence-corrected chi connectivity index (χ2v) is 7.68. The molecule has 7 nitrogen and oxygen atoms in total. The van der Waals surface area contributed by atoms with E-state index in [9.17, 15) is 4.79 Å². The van der Waals surface area contributed by atoms with Crippen LogP contribution in [0.4, 0.5) is 5.82 Å². The van der Waals surface area contributed by atoms with Crippen LogP contribution in [0.5, 0.6) is 0 Å². The number of nitrogens with zero attached hydrogens (tertiary/aromatic N) is 4. The van der Waals surface area contributed by atoms with E-state index in [1.54, 1.807) is 18.7 Å². The van der Waals surface area contributed by atoms with E-state index in [0.717, 1.165) is 46.7 Å². The zero-order chi connectivity index (χ0) is 19.5. The van der Waals surface area contributed by atoms with Crippen molar-refractivity contribution in [1.82, 2.24) is 15.0 Å². The van der Waals surface area contributed by atoms with E-state index in [1.807, 2.05) is 26.0 Å². The van der Waals surface area contributed by atoms with E-state index >= 15 is 0 Å². The monoisotopic (exact) mass is 398 g/mol. The van der Waals surface area contributed by atoms with Crippen LogP contribution in [0.2, 0.25) is 0 Å². The zero-order valence-electron chi connectivity index (χ0n) is 15.9. The number of thiophene rings is 1. The third kappa shape index (κ3) is 3.70. The number of aryl methyl sites for hydroxylation is 1. The number of ether oxygens (including phenoxy) is 2. The first-order valence-corrected chi connectivity index (χ1v) is 10.2. The maximum absolute atomic E-state index is 12.2. The maximum Gasteiger partial charge on any atom is 0.348 e. The molecule has 3 aromatic heterocycles. The van der Waals surface area contributed by atoms with Gasteiger partial charge in [0.25, 0.3) is 0 Å². The fourth-order valence-corrected chi connectivity index (χ4v) is 4.47. The van der Waals surface area contributed by atoms with Gasteiger partial charge >= 0.3 is 5.97 Å². The molecule has 146 valence electrons. The van der Waals surface area contributed by atoms with Crippen LogP contribution in [-0.2, 0) is 16.1 Å². The third-order valence-electron chi connectivity index (χ3n) is 4.85. The molecule has 4 rings (SSSR count). The number of carbonyl (C=O) groups excluding carboxylic acids is 1. The van der Waals surface area contributed by atoms with Gasteiger partial charge < -0.3 is 14.4 Å². The lowest BCUT2D eigenvalue weighted by Crippen LogP contribution is -2.24. The second kappa shape index (κ2) is 8.20. The van der Waals surface area contributed by atoms with Crippen molar-refractivity contribution in [3.05, 3.63) is 46.9 Å². The SMILES string of the molecule is CCOC(=O)c1sc2ncnc(N3CCC(OCc4ccncc4)C3)c2c1C. The van der Waals surface area contributed by atoms with Crippen LogP contribution in [0.25, 0.3) is 10.2 Å². The van der Waals surface area contributed by atoms with Gasteiger partial charge in [-0.15, -0.1) is 11.3 Å². The fourth-order valence-electron chi connectivity index (χ4n) is 3.43. The number of carbonyl (C=O) groups is 1. The Morgan fingerprint density at radius 3 is 2.93 bits per heavy atom. The summed E-state index contributed by atoms with van der Waals surface area (Å²) in [5, 5.41) is 0.935. The molecule has 0 N–H and O–H groups in total. The van der Waals surface area contributed by atoms with Gasteiger partial charge in [0.15, 0.2) is 0 Å². The van der Waals surface area contributed by atoms with E-state index < -0.39 is 0 Å². The predicted octanol–water partition coefficient (Wildman–Crippen LogP) is 3.37. The predicted molar refractivity (Wildman–Crippen MR) is 108 cm³/mol. The largest absolute Gasteiger partial charge is 0.462 e. The highest BCUT2D eigenvalue weighted by Gasteiger charge is 2.28. The minimum Gasteiger partial charge on any atom is -0.462 e. The smallest absolute Gasteiger partial charge is 0.348 e. The number of aromatic nitrogens is 3. The summed E-state index contributed by atoms with van der Waals surface area (Å²) in [5.41, 5.74) is 2.00. The van der Waals surface area contributed by atoms with Crippen molar-refractivity contribution < 1.29 is 14.3 Å². The summed E-state index contributed by atoms with van der Waals surface area (Å²) in [6, 6.07) is 3.93. The Balaban J connectivity index is 1.52. The zero-order valence-corrected chi connectivity index (χ0v) is 16.7. The van der Waals surface area contributed by atoms with E-state index in [1.165, 1.54) is 11.3 Å². The van der Waals surface area contributed by atoms with E-state index in [-0.39, 0.29) is 12.1 Å². The molecular formula is C20H22N4O3S. The van der Waals surface area contributed by atoms with E-state index in [2.05, 4.69) is 19.9 Å². The standard InChI is InChI=1S/C20H22N4O3S/c1-3-26-20(25)17-13(2)16-18(22-12-23-19(16)28-17)24-9-6-15(10-24)27-11-14-4-7-21-8-5-14/h4-5,7-8,12,15H,3,6,9-11H2,1-2H3. The third-order valence-corrected chi connectivity index (χ3v) is 6.03. The molecule has 1 aliphatic heterocycles. The average Bonchev–Trinajstić information content (AvgIpc) is 3.32. The summed E-state index contributed by atoms with van der Waals surface area (Å²) in [6.07, 6.45) is 6.19. The van der Waals surface area contributed by atoms with E-state index in [0.29, 0.717) is 18.1 Å². The molecule has 0 bridgehead atoms. The van der Waals surface area contributed by atoms with Gasteiger partial charge in [-0.2, -0.15) is 0 Å². The molecule has 1 fully saturated rings. The normalized spacial score (nSPS) is 16.6. The summed E-state index contributed by atoms with van der Waals surface area (Å²) in [6.45, 7) is 6.30. The summed E-state index contributed by atoms with van der Waals surface area (Å²) < 4.78 is 11.3. The highest BCUT2D eigenvalue weighted by molar-refractivity contribution is 7.20. The molecule has 8 heteroatoms. The second-order valence-electron chi connectivity index (χ2n) is 6.68. The molecule has 0 radical (unpaired) electrons. The van der Waals surface area contributed by atoms with Gasteiger partial charge in [0, 0.05) is 25.5 Å². The first-order chi connectivity index (χ1) is 13.7. The molecule has 4 heterocycles. The number of rotatable bonds is 6. The quantitative estimate of drug-likeness (QED) is 0.589. The number of esters is 1. The first-order valence-electron chi connectivity index (χ1n) is 9.34. The molecule has 0 spiro atoms. The Bertz CT molecular complexity index is 976. The maximum atomic E-state index is 12.2. The summed E-state index contributed by atoms with van der Waals surface area (Å²) in [7, 11) is 0. The molecule has 28 heavy (non-hydrogen) atoms. The van der Waals surface area contributed by atoms with Crippen LogP contribution < -0.4 is 4.90 Å². The Kier molecular flexibility index (Phi) is 5.50. The minimum absolute atomic E-state index is 0.140. The van der Waals surface area contributed by atoms with Gasteiger partial charge in [-0.05, 0) is 43.5 Å². The van der Waals surface area contributed by atoms with Crippen molar-refractivity contribution in [2.24, 2.45) is 0 Å². The van der Waals surface area contributed by atoms with Crippen LogP contribution in [-0.4, -0.2) is 46.7 Å². The van der Waals surface area contributed by atoms with Gasteiger partial charge in [-0.1, -0.05) is 0 Å². The summed E-state index contributed by atoms with van der Waals surface area (Å²) in [5.74, 6) is 0.568.